The van der Waals surface area contributed by atoms with Gasteiger partial charge in [-0.25, -0.2) is 8.60 Å². The Morgan fingerprint density at radius 2 is 2.06 bits per heavy atom. The lowest BCUT2D eigenvalue weighted by atomic mass is 10.2. The van der Waals surface area contributed by atoms with E-state index in [1.54, 1.807) is 0 Å². The smallest absolute Gasteiger partial charge is 0.144 e. The Morgan fingerprint density at radius 3 is 2.59 bits per heavy atom. The second-order valence-corrected chi connectivity index (χ2v) is 6.42. The molecule has 0 aliphatic rings. The molecule has 1 atom stereocenters. The second-order valence-electron chi connectivity index (χ2n) is 4.48. The molecule has 0 spiro atoms. The standard InChI is InChI=1S/C12H16FNO2S/c1-12(2,3)17(15)14-8-9-7-10(13)5-6-11(9)16-4/h5-8H,1-4H3/b14-8+/t17-/m0/s1. The number of nitrogens with zero attached hydrogens (tertiary/aromatic N) is 1. The van der Waals surface area contributed by atoms with Gasteiger partial charge in [0.05, 0.1) is 11.9 Å². The van der Waals surface area contributed by atoms with Crippen molar-refractivity contribution in [2.24, 2.45) is 4.40 Å². The van der Waals surface area contributed by atoms with Gasteiger partial charge in [0.2, 0.25) is 0 Å². The van der Waals surface area contributed by atoms with Gasteiger partial charge in [-0.2, -0.15) is 4.40 Å². The zero-order valence-electron chi connectivity index (χ0n) is 10.4. The van der Waals surface area contributed by atoms with Gasteiger partial charge in [0.1, 0.15) is 22.6 Å². The Morgan fingerprint density at radius 1 is 1.41 bits per heavy atom. The second kappa shape index (κ2) is 5.40. The summed E-state index contributed by atoms with van der Waals surface area (Å²) in [5.74, 6) is 0.120. The maximum absolute atomic E-state index is 13.0. The lowest BCUT2D eigenvalue weighted by molar-refractivity contribution is 0.413. The molecule has 1 aromatic rings. The molecule has 0 aliphatic carbocycles. The molecule has 0 aliphatic heterocycles. The van der Waals surface area contributed by atoms with E-state index in [1.165, 1.54) is 31.5 Å². The number of hydrogen-bond acceptors (Lipinski definition) is 2. The molecule has 3 nitrogen and oxygen atoms in total. The first-order valence-corrected chi connectivity index (χ1v) is 6.25. The van der Waals surface area contributed by atoms with Gasteiger partial charge in [-0.1, -0.05) is 0 Å². The third-order valence-electron chi connectivity index (χ3n) is 2.00. The molecule has 94 valence electrons. The minimum atomic E-state index is -1.36. The molecule has 0 fully saturated rings. The van der Waals surface area contributed by atoms with E-state index in [1.807, 2.05) is 20.8 Å². The Hall–Kier alpha value is -1.23. The molecule has 1 aromatic carbocycles. The molecule has 0 saturated heterocycles. The third kappa shape index (κ3) is 3.93. The zero-order valence-corrected chi connectivity index (χ0v) is 11.2. The van der Waals surface area contributed by atoms with Gasteiger partial charge < -0.3 is 4.74 Å². The normalized spacial score (nSPS) is 13.9. The van der Waals surface area contributed by atoms with Crippen molar-refractivity contribution in [3.8, 4) is 5.75 Å². The van der Waals surface area contributed by atoms with Gasteiger partial charge in [0.15, 0.2) is 0 Å². The maximum atomic E-state index is 13.0. The van der Waals surface area contributed by atoms with Crippen LogP contribution >= 0.6 is 0 Å². The van der Waals surface area contributed by atoms with E-state index in [2.05, 4.69) is 4.40 Å². The molecule has 0 N–H and O–H groups in total. The summed E-state index contributed by atoms with van der Waals surface area (Å²) in [6.45, 7) is 5.47. The Kier molecular flexibility index (Phi) is 4.40. The van der Waals surface area contributed by atoms with Crippen molar-refractivity contribution in [2.45, 2.75) is 25.5 Å². The number of ether oxygens (including phenoxy) is 1. The van der Waals surface area contributed by atoms with Crippen LogP contribution in [0.3, 0.4) is 0 Å². The van der Waals surface area contributed by atoms with Crippen molar-refractivity contribution in [3.05, 3.63) is 29.6 Å². The first-order valence-electron chi connectivity index (χ1n) is 5.14. The quantitative estimate of drug-likeness (QED) is 0.781. The topological polar surface area (TPSA) is 38.7 Å². The Balaban J connectivity index is 2.98. The highest BCUT2D eigenvalue weighted by Gasteiger charge is 2.18. The van der Waals surface area contributed by atoms with Gasteiger partial charge in [-0.3, -0.25) is 0 Å². The van der Waals surface area contributed by atoms with Crippen molar-refractivity contribution in [3.63, 3.8) is 0 Å². The number of benzene rings is 1. The molecule has 0 radical (unpaired) electrons. The van der Waals surface area contributed by atoms with Crippen LogP contribution < -0.4 is 4.74 Å². The molecule has 0 aromatic heterocycles. The molecular weight excluding hydrogens is 241 g/mol. The average Bonchev–Trinajstić information content (AvgIpc) is 2.24. The van der Waals surface area contributed by atoms with E-state index in [0.717, 1.165) is 0 Å². The van der Waals surface area contributed by atoms with Crippen LogP contribution in [-0.4, -0.2) is 22.3 Å². The van der Waals surface area contributed by atoms with Crippen LogP contribution in [0, 0.1) is 5.82 Å². The molecule has 17 heavy (non-hydrogen) atoms. The highest BCUT2D eigenvalue weighted by atomic mass is 32.2. The Labute approximate surface area is 103 Å². The van der Waals surface area contributed by atoms with E-state index in [-0.39, 0.29) is 5.82 Å². The molecule has 5 heteroatoms. The summed E-state index contributed by atoms with van der Waals surface area (Å²) in [6, 6.07) is 4.11. The van der Waals surface area contributed by atoms with Crippen molar-refractivity contribution < 1.29 is 13.3 Å². The molecule has 0 amide bonds. The monoisotopic (exact) mass is 257 g/mol. The van der Waals surface area contributed by atoms with Crippen LogP contribution in [0.15, 0.2) is 22.6 Å². The lowest BCUT2D eigenvalue weighted by Crippen LogP contribution is -2.19. The van der Waals surface area contributed by atoms with Crippen molar-refractivity contribution in [2.75, 3.05) is 7.11 Å². The number of methoxy groups -OCH3 is 1. The van der Waals surface area contributed by atoms with Crippen LogP contribution in [0.5, 0.6) is 5.75 Å². The molecule has 0 unspecified atom stereocenters. The fourth-order valence-corrected chi connectivity index (χ4v) is 1.59. The van der Waals surface area contributed by atoms with Crippen LogP contribution in [0.4, 0.5) is 4.39 Å². The largest absolute Gasteiger partial charge is 0.496 e. The van der Waals surface area contributed by atoms with E-state index in [4.69, 9.17) is 4.74 Å². The number of rotatable bonds is 3. The summed E-state index contributed by atoms with van der Waals surface area (Å²) < 4.78 is 33.3. The SMILES string of the molecule is COc1ccc(F)cc1/C=N/[S@@](=O)C(C)(C)C. The van der Waals surface area contributed by atoms with E-state index in [9.17, 15) is 8.60 Å². The summed E-state index contributed by atoms with van der Waals surface area (Å²) in [5.41, 5.74) is 0.477. The van der Waals surface area contributed by atoms with Crippen LogP contribution in [0.2, 0.25) is 0 Å². The van der Waals surface area contributed by atoms with Gasteiger partial charge in [-0.05, 0) is 39.0 Å². The highest BCUT2D eigenvalue weighted by Crippen LogP contribution is 2.18. The molecule has 0 bridgehead atoms. The highest BCUT2D eigenvalue weighted by molar-refractivity contribution is 7.85. The van der Waals surface area contributed by atoms with Gasteiger partial charge in [-0.15, -0.1) is 0 Å². The van der Waals surface area contributed by atoms with Crippen molar-refractivity contribution in [1.29, 1.82) is 0 Å². The number of hydrogen-bond donors (Lipinski definition) is 0. The molecular formula is C12H16FNO2S. The van der Waals surface area contributed by atoms with Crippen LogP contribution in [0.25, 0.3) is 0 Å². The predicted molar refractivity (Wildman–Crippen MR) is 68.4 cm³/mol. The summed E-state index contributed by atoms with van der Waals surface area (Å²) in [7, 11) is 0.128. The maximum Gasteiger partial charge on any atom is 0.144 e. The lowest BCUT2D eigenvalue weighted by Gasteiger charge is -2.13. The van der Waals surface area contributed by atoms with E-state index < -0.39 is 15.7 Å². The fraction of sp³-hybridized carbons (Fsp3) is 0.417. The van der Waals surface area contributed by atoms with Gasteiger partial charge in [0, 0.05) is 11.8 Å². The minimum Gasteiger partial charge on any atom is -0.496 e. The fourth-order valence-electron chi connectivity index (χ4n) is 1.07. The average molecular weight is 257 g/mol. The minimum absolute atomic E-state index is 0.381. The summed E-state index contributed by atoms with van der Waals surface area (Å²) in [5, 5.41) is 0. The molecule has 0 heterocycles. The van der Waals surface area contributed by atoms with Crippen LogP contribution in [0.1, 0.15) is 26.3 Å². The van der Waals surface area contributed by atoms with E-state index in [0.29, 0.717) is 11.3 Å². The molecule has 0 saturated carbocycles. The van der Waals surface area contributed by atoms with Gasteiger partial charge >= 0.3 is 0 Å². The first-order chi connectivity index (χ1) is 7.84. The van der Waals surface area contributed by atoms with Crippen LogP contribution in [-0.2, 0) is 11.0 Å². The first kappa shape index (κ1) is 13.8. The van der Waals surface area contributed by atoms with Crippen molar-refractivity contribution in [1.82, 2.24) is 0 Å². The Bertz CT molecular complexity index is 452. The third-order valence-corrected chi connectivity index (χ3v) is 3.35. The summed E-state index contributed by atoms with van der Waals surface area (Å²) in [4.78, 5) is 0. The van der Waals surface area contributed by atoms with Gasteiger partial charge in [0.25, 0.3) is 0 Å². The summed E-state index contributed by atoms with van der Waals surface area (Å²) in [6.07, 6.45) is 1.38. The molecule has 1 rings (SSSR count). The summed E-state index contributed by atoms with van der Waals surface area (Å²) >= 11 is 0. The van der Waals surface area contributed by atoms with Crippen molar-refractivity contribution >= 4 is 17.2 Å². The zero-order chi connectivity index (χ0) is 13.1. The van der Waals surface area contributed by atoms with E-state index >= 15 is 0 Å². The number of halogens is 1. The predicted octanol–water partition coefficient (Wildman–Crippen LogP) is 2.72.